The molecule has 2 amide bonds. The van der Waals surface area contributed by atoms with Crippen LogP contribution in [0.2, 0.25) is 0 Å². The van der Waals surface area contributed by atoms with Crippen LogP contribution in [0.4, 0.5) is 0 Å². The van der Waals surface area contributed by atoms with Crippen molar-refractivity contribution in [3.05, 3.63) is 41.5 Å². The van der Waals surface area contributed by atoms with Gasteiger partial charge in [0.15, 0.2) is 0 Å². The molecule has 2 aromatic rings. The van der Waals surface area contributed by atoms with Crippen LogP contribution in [-0.4, -0.2) is 33.1 Å². The third-order valence-corrected chi connectivity index (χ3v) is 3.53. The summed E-state index contributed by atoms with van der Waals surface area (Å²) in [5.41, 5.74) is 1.42. The Hall–Kier alpha value is -2.19. The van der Waals surface area contributed by atoms with Gasteiger partial charge in [-0.2, -0.15) is 0 Å². The number of hydroxylamine groups is 2. The molecule has 2 aromatic carbocycles. The predicted molar refractivity (Wildman–Crippen MR) is 74.0 cm³/mol. The van der Waals surface area contributed by atoms with Gasteiger partial charge < -0.3 is 0 Å². The topological polar surface area (TPSA) is 80.8 Å². The van der Waals surface area contributed by atoms with Crippen molar-refractivity contribution in [2.45, 2.75) is 0 Å². The Morgan fingerprint density at radius 1 is 1.00 bits per heavy atom. The van der Waals surface area contributed by atoms with Gasteiger partial charge in [-0.3, -0.25) is 9.59 Å². The number of nitrogens with zero attached hydrogens (tertiary/aromatic N) is 1. The molecule has 3 rings (SSSR count). The number of carbonyl (C=O) groups is 2. The number of rotatable bonds is 2. The van der Waals surface area contributed by atoms with Gasteiger partial charge in [0.25, 0.3) is 22.8 Å². The summed E-state index contributed by atoms with van der Waals surface area (Å²) in [6.07, 6.45) is 0. The van der Waals surface area contributed by atoms with Crippen LogP contribution in [-0.2, 0) is 15.3 Å². The van der Waals surface area contributed by atoms with Crippen molar-refractivity contribution in [3.63, 3.8) is 0 Å². The fourth-order valence-corrected chi connectivity index (χ4v) is 2.64. The molecule has 100 valence electrons. The molecular formula is C12H8BNO5S. The molecule has 1 aliphatic heterocycles. The minimum absolute atomic E-state index is 0.248. The zero-order valence-electron chi connectivity index (χ0n) is 10.3. The van der Waals surface area contributed by atoms with Crippen molar-refractivity contribution >= 4 is 46.9 Å². The van der Waals surface area contributed by atoms with Crippen LogP contribution in [0, 0.1) is 0 Å². The molecule has 6 nitrogen and oxygen atoms in total. The smallest absolute Gasteiger partial charge is 0.266 e. The van der Waals surface area contributed by atoms with Crippen LogP contribution < -0.4 is 5.46 Å². The van der Waals surface area contributed by atoms with Gasteiger partial charge in [0.2, 0.25) is 0 Å². The Kier molecular flexibility index (Phi) is 2.84. The average molecular weight is 289 g/mol. The molecule has 0 aromatic heterocycles. The molecule has 1 aliphatic rings. The summed E-state index contributed by atoms with van der Waals surface area (Å²) in [4.78, 5) is 24.3. The van der Waals surface area contributed by atoms with Crippen LogP contribution >= 0.6 is 0 Å². The Morgan fingerprint density at radius 2 is 1.65 bits per heavy atom. The highest BCUT2D eigenvalue weighted by Crippen LogP contribution is 2.29. The third kappa shape index (κ3) is 1.73. The van der Waals surface area contributed by atoms with Gasteiger partial charge in [0.05, 0.1) is 11.1 Å². The number of hydrogen-bond acceptors (Lipinski definition) is 5. The van der Waals surface area contributed by atoms with Gasteiger partial charge in [-0.1, -0.05) is 23.7 Å². The molecule has 1 heterocycles. The fraction of sp³-hybridized carbons (Fsp3) is 0. The second-order valence-electron chi connectivity index (χ2n) is 4.37. The van der Waals surface area contributed by atoms with Crippen LogP contribution in [0.25, 0.3) is 10.8 Å². The first kappa shape index (κ1) is 12.8. The number of amides is 2. The summed E-state index contributed by atoms with van der Waals surface area (Å²) in [5.74, 6) is -1.56. The number of carbonyl (C=O) groups excluding carboxylic acids is 2. The molecule has 8 heteroatoms. The summed E-state index contributed by atoms with van der Waals surface area (Å²) in [6, 6.07) is 8.32. The summed E-state index contributed by atoms with van der Waals surface area (Å²) < 4.78 is 25.6. The van der Waals surface area contributed by atoms with Gasteiger partial charge in [0, 0.05) is 5.39 Å². The lowest BCUT2D eigenvalue weighted by Gasteiger charge is -2.24. The van der Waals surface area contributed by atoms with E-state index < -0.39 is 22.8 Å². The van der Waals surface area contributed by atoms with Crippen LogP contribution in [0.3, 0.4) is 0 Å². The highest BCUT2D eigenvalue weighted by atomic mass is 32.2. The Labute approximate surface area is 116 Å². The van der Waals surface area contributed by atoms with E-state index in [0.29, 0.717) is 5.39 Å². The SMILES string of the molecule is Bc1ccc2c3c(cccc13)C(=O)N(O[SH](=O)=O)C2=O. The monoisotopic (exact) mass is 289 g/mol. The second kappa shape index (κ2) is 4.43. The van der Waals surface area contributed by atoms with E-state index in [1.807, 2.05) is 13.9 Å². The van der Waals surface area contributed by atoms with Crippen molar-refractivity contribution in [2.24, 2.45) is 0 Å². The van der Waals surface area contributed by atoms with Gasteiger partial charge in [-0.25, -0.2) is 8.42 Å². The minimum Gasteiger partial charge on any atom is -0.266 e. The molecule has 0 spiro atoms. The van der Waals surface area contributed by atoms with Gasteiger partial charge >= 0.3 is 0 Å². The first-order valence-electron chi connectivity index (χ1n) is 5.74. The van der Waals surface area contributed by atoms with E-state index in [9.17, 15) is 18.0 Å². The molecule has 0 radical (unpaired) electrons. The summed E-state index contributed by atoms with van der Waals surface area (Å²) >= 11 is 0. The molecule has 20 heavy (non-hydrogen) atoms. The number of thiol groups is 1. The van der Waals surface area contributed by atoms with E-state index in [1.54, 1.807) is 18.2 Å². The van der Waals surface area contributed by atoms with Gasteiger partial charge in [-0.05, 0) is 17.5 Å². The van der Waals surface area contributed by atoms with Crippen molar-refractivity contribution < 1.29 is 22.3 Å². The van der Waals surface area contributed by atoms with E-state index in [1.165, 1.54) is 6.07 Å². The van der Waals surface area contributed by atoms with Crippen molar-refractivity contribution in [3.8, 4) is 0 Å². The zero-order valence-corrected chi connectivity index (χ0v) is 11.2. The molecule has 0 bridgehead atoms. The second-order valence-corrected chi connectivity index (χ2v) is 4.98. The first-order valence-corrected chi connectivity index (χ1v) is 6.84. The van der Waals surface area contributed by atoms with Gasteiger partial charge in [-0.15, -0.1) is 9.35 Å². The zero-order chi connectivity index (χ0) is 14.4. The molecule has 0 aliphatic carbocycles. The first-order chi connectivity index (χ1) is 9.50. The maximum atomic E-state index is 12.2. The third-order valence-electron chi connectivity index (χ3n) is 3.24. The minimum atomic E-state index is -3.35. The normalized spacial score (nSPS) is 14.3. The fourth-order valence-electron chi connectivity index (χ4n) is 2.36. The van der Waals surface area contributed by atoms with Crippen LogP contribution in [0.5, 0.6) is 0 Å². The van der Waals surface area contributed by atoms with Gasteiger partial charge in [0.1, 0.15) is 7.85 Å². The molecule has 0 atom stereocenters. The highest BCUT2D eigenvalue weighted by Gasteiger charge is 2.34. The average Bonchev–Trinajstić information content (AvgIpc) is 2.42. The molecule has 0 saturated heterocycles. The molecule has 0 fully saturated rings. The highest BCUT2D eigenvalue weighted by molar-refractivity contribution is 7.67. The Bertz CT molecular complexity index is 815. The van der Waals surface area contributed by atoms with E-state index in [4.69, 9.17) is 0 Å². The maximum Gasteiger partial charge on any atom is 0.286 e. The quantitative estimate of drug-likeness (QED) is 0.442. The Balaban J connectivity index is 2.34. The van der Waals surface area contributed by atoms with Crippen molar-refractivity contribution in [2.75, 3.05) is 0 Å². The lowest BCUT2D eigenvalue weighted by atomic mass is 9.85. The van der Waals surface area contributed by atoms with E-state index in [-0.39, 0.29) is 16.2 Å². The predicted octanol–water partition coefficient (Wildman–Crippen LogP) is -0.848. The number of imide groups is 1. The Morgan fingerprint density at radius 3 is 2.30 bits per heavy atom. The largest absolute Gasteiger partial charge is 0.286 e. The number of hydrogen-bond donors (Lipinski definition) is 1. The molecule has 0 N–H and O–H groups in total. The van der Waals surface area contributed by atoms with Crippen LogP contribution in [0.15, 0.2) is 30.3 Å². The van der Waals surface area contributed by atoms with E-state index in [0.717, 1.165) is 10.8 Å². The lowest BCUT2D eigenvalue weighted by Crippen LogP contribution is -2.40. The lowest BCUT2D eigenvalue weighted by molar-refractivity contribution is -0.0127. The summed E-state index contributed by atoms with van der Waals surface area (Å²) in [6.45, 7) is 0. The molecule has 0 saturated carbocycles. The van der Waals surface area contributed by atoms with E-state index in [2.05, 4.69) is 4.28 Å². The summed E-state index contributed by atoms with van der Waals surface area (Å²) in [7, 11) is -1.48. The van der Waals surface area contributed by atoms with Crippen LogP contribution in [0.1, 0.15) is 20.7 Å². The van der Waals surface area contributed by atoms with Crippen molar-refractivity contribution in [1.82, 2.24) is 5.06 Å². The summed E-state index contributed by atoms with van der Waals surface area (Å²) in [5, 5.41) is 1.59. The van der Waals surface area contributed by atoms with E-state index >= 15 is 0 Å². The number of benzene rings is 2. The maximum absolute atomic E-state index is 12.2. The molecular weight excluding hydrogens is 281 g/mol. The molecule has 0 unspecified atom stereocenters. The standard InChI is InChI=1S/C12H8BNO5S/c13-9-5-4-8-10-6(9)2-1-3-7(10)11(15)14(12(8)16)19-20(17)18/h1-5,20H,13H2. The van der Waals surface area contributed by atoms with Crippen molar-refractivity contribution in [1.29, 1.82) is 0 Å².